The third-order valence-corrected chi connectivity index (χ3v) is 1.38. The second kappa shape index (κ2) is 4.21. The molecular weight excluding hydrogens is 164 g/mol. The van der Waals surface area contributed by atoms with E-state index in [0.717, 1.165) is 0 Å². The fourth-order valence-electron chi connectivity index (χ4n) is 0.692. The van der Waals surface area contributed by atoms with Crippen LogP contribution in [-0.2, 0) is 0 Å². The number of halogens is 1. The molecule has 0 saturated heterocycles. The Kier molecular flexibility index (Phi) is 3.20. The third kappa shape index (κ3) is 2.78. The zero-order valence-corrected chi connectivity index (χ0v) is 6.71. The lowest BCUT2D eigenvalue weighted by Gasteiger charge is -1.83. The van der Waals surface area contributed by atoms with Crippen LogP contribution in [0.1, 0.15) is 12.2 Å². The molecule has 1 rings (SSSR count). The first-order chi connectivity index (χ1) is 5.33. The van der Waals surface area contributed by atoms with E-state index in [4.69, 9.17) is 21.1 Å². The minimum absolute atomic E-state index is 0.158. The molecule has 0 aliphatic rings. The number of hydrogen-bond acceptors (Lipinski definition) is 2. The highest BCUT2D eigenvalue weighted by atomic mass is 35.5. The molecule has 1 N–H and O–H groups in total. The summed E-state index contributed by atoms with van der Waals surface area (Å²) in [7, 11) is 0. The largest absolute Gasteiger partial charge is 0.445 e. The van der Waals surface area contributed by atoms with E-state index >= 15 is 0 Å². The summed E-state index contributed by atoms with van der Waals surface area (Å²) in [4.78, 5) is 0. The van der Waals surface area contributed by atoms with E-state index in [1.165, 1.54) is 0 Å². The smallest absolute Gasteiger partial charge is 0.193 e. The minimum Gasteiger partial charge on any atom is -0.445 e. The third-order valence-electron chi connectivity index (χ3n) is 1.17. The molecule has 2 nitrogen and oxygen atoms in total. The Morgan fingerprint density at radius 2 is 2.36 bits per heavy atom. The van der Waals surface area contributed by atoms with Gasteiger partial charge in [0.1, 0.15) is 5.76 Å². The van der Waals surface area contributed by atoms with Gasteiger partial charge < -0.3 is 9.52 Å². The minimum atomic E-state index is 0.158. The average molecular weight is 173 g/mol. The Morgan fingerprint density at radius 3 is 2.91 bits per heavy atom. The Labute approximate surface area is 70.1 Å². The normalized spacial score (nSPS) is 11.1. The van der Waals surface area contributed by atoms with Crippen LogP contribution in [0.15, 0.2) is 22.6 Å². The Morgan fingerprint density at radius 1 is 1.55 bits per heavy atom. The summed E-state index contributed by atoms with van der Waals surface area (Å²) in [5.74, 6) is 0.712. The van der Waals surface area contributed by atoms with Crippen LogP contribution in [0.5, 0.6) is 0 Å². The molecule has 0 unspecified atom stereocenters. The van der Waals surface area contributed by atoms with E-state index in [0.29, 0.717) is 17.4 Å². The van der Waals surface area contributed by atoms with Crippen LogP contribution in [0, 0.1) is 0 Å². The van der Waals surface area contributed by atoms with Crippen molar-refractivity contribution in [3.63, 3.8) is 0 Å². The lowest BCUT2D eigenvalue weighted by atomic mass is 10.3. The highest BCUT2D eigenvalue weighted by Gasteiger charge is 1.92. The molecule has 0 aliphatic carbocycles. The summed E-state index contributed by atoms with van der Waals surface area (Å²) >= 11 is 5.52. The molecule has 0 radical (unpaired) electrons. The monoisotopic (exact) mass is 172 g/mol. The molecule has 60 valence electrons. The highest BCUT2D eigenvalue weighted by Crippen LogP contribution is 2.14. The van der Waals surface area contributed by atoms with Crippen LogP contribution >= 0.6 is 11.6 Å². The van der Waals surface area contributed by atoms with Crippen molar-refractivity contribution in [2.75, 3.05) is 6.61 Å². The topological polar surface area (TPSA) is 33.4 Å². The van der Waals surface area contributed by atoms with Gasteiger partial charge in [0.25, 0.3) is 0 Å². The van der Waals surface area contributed by atoms with Crippen molar-refractivity contribution in [2.45, 2.75) is 6.42 Å². The maximum absolute atomic E-state index is 8.44. The Hall–Kier alpha value is -0.730. The maximum atomic E-state index is 8.44. The summed E-state index contributed by atoms with van der Waals surface area (Å²) in [6, 6.07) is 3.45. The average Bonchev–Trinajstić information content (AvgIpc) is 2.37. The van der Waals surface area contributed by atoms with Gasteiger partial charge in [0, 0.05) is 6.61 Å². The molecule has 1 aromatic rings. The van der Waals surface area contributed by atoms with E-state index in [-0.39, 0.29) is 6.61 Å². The molecule has 11 heavy (non-hydrogen) atoms. The van der Waals surface area contributed by atoms with Gasteiger partial charge in [0.15, 0.2) is 5.22 Å². The molecule has 0 saturated carbocycles. The first-order valence-corrected chi connectivity index (χ1v) is 3.73. The van der Waals surface area contributed by atoms with Crippen molar-refractivity contribution < 1.29 is 9.52 Å². The number of aliphatic hydroxyl groups is 1. The molecule has 0 spiro atoms. The van der Waals surface area contributed by atoms with Crippen molar-refractivity contribution >= 4 is 17.7 Å². The summed E-state index contributed by atoms with van der Waals surface area (Å²) in [5, 5.41) is 8.82. The van der Waals surface area contributed by atoms with Gasteiger partial charge in [-0.1, -0.05) is 6.08 Å². The van der Waals surface area contributed by atoms with Crippen LogP contribution in [0.25, 0.3) is 6.08 Å². The van der Waals surface area contributed by atoms with Crippen LogP contribution in [0.3, 0.4) is 0 Å². The predicted octanol–water partition coefficient (Wildman–Crippen LogP) is 2.33. The predicted molar refractivity (Wildman–Crippen MR) is 44.5 cm³/mol. The summed E-state index contributed by atoms with van der Waals surface area (Å²) in [6.45, 7) is 0.158. The first kappa shape index (κ1) is 8.37. The molecule has 0 bridgehead atoms. The molecule has 1 aromatic heterocycles. The van der Waals surface area contributed by atoms with Gasteiger partial charge in [-0.25, -0.2) is 0 Å². The van der Waals surface area contributed by atoms with Crippen LogP contribution in [0.2, 0.25) is 5.22 Å². The molecule has 0 atom stereocenters. The van der Waals surface area contributed by atoms with Gasteiger partial charge in [-0.2, -0.15) is 0 Å². The van der Waals surface area contributed by atoms with Gasteiger partial charge in [-0.15, -0.1) is 0 Å². The summed E-state index contributed by atoms with van der Waals surface area (Å²) in [6.07, 6.45) is 4.25. The summed E-state index contributed by atoms with van der Waals surface area (Å²) < 4.78 is 5.03. The van der Waals surface area contributed by atoms with Gasteiger partial charge in [0.2, 0.25) is 0 Å². The lowest BCUT2D eigenvalue weighted by Crippen LogP contribution is -1.74. The van der Waals surface area contributed by atoms with E-state index in [1.807, 2.05) is 6.08 Å². The van der Waals surface area contributed by atoms with Crippen LogP contribution in [0.4, 0.5) is 0 Å². The fourth-order valence-corrected chi connectivity index (χ4v) is 0.844. The molecule has 1 heterocycles. The zero-order chi connectivity index (χ0) is 8.10. The van der Waals surface area contributed by atoms with Gasteiger partial charge in [0.05, 0.1) is 0 Å². The van der Waals surface area contributed by atoms with Crippen molar-refractivity contribution in [2.24, 2.45) is 0 Å². The van der Waals surface area contributed by atoms with Crippen LogP contribution < -0.4 is 0 Å². The molecular formula is C8H9ClO2. The van der Waals surface area contributed by atoms with Gasteiger partial charge in [-0.05, 0) is 36.2 Å². The zero-order valence-electron chi connectivity index (χ0n) is 5.96. The van der Waals surface area contributed by atoms with E-state index < -0.39 is 0 Å². The second-order valence-electron chi connectivity index (χ2n) is 2.06. The highest BCUT2D eigenvalue weighted by molar-refractivity contribution is 6.28. The molecule has 0 aromatic carbocycles. The van der Waals surface area contributed by atoms with Crippen molar-refractivity contribution in [3.8, 4) is 0 Å². The van der Waals surface area contributed by atoms with Crippen molar-refractivity contribution in [1.82, 2.24) is 0 Å². The quantitative estimate of drug-likeness (QED) is 0.759. The fraction of sp³-hybridized carbons (Fsp3) is 0.250. The number of furan rings is 1. The van der Waals surface area contributed by atoms with E-state index in [1.54, 1.807) is 18.2 Å². The van der Waals surface area contributed by atoms with Gasteiger partial charge in [-0.3, -0.25) is 0 Å². The number of rotatable bonds is 3. The standard InChI is InChI=1S/C8H9ClO2/c9-8-5-4-7(11-8)3-1-2-6-10/h1,3-5,10H,2,6H2/b3-1-. The molecule has 0 fully saturated rings. The molecule has 0 aliphatic heterocycles. The second-order valence-corrected chi connectivity index (χ2v) is 2.43. The van der Waals surface area contributed by atoms with Gasteiger partial charge >= 0.3 is 0 Å². The first-order valence-electron chi connectivity index (χ1n) is 3.35. The van der Waals surface area contributed by atoms with Crippen molar-refractivity contribution in [3.05, 3.63) is 29.2 Å². The van der Waals surface area contributed by atoms with Crippen LogP contribution in [-0.4, -0.2) is 11.7 Å². The molecule has 0 amide bonds. The van der Waals surface area contributed by atoms with E-state index in [2.05, 4.69) is 0 Å². The van der Waals surface area contributed by atoms with Crippen molar-refractivity contribution in [1.29, 1.82) is 0 Å². The van der Waals surface area contributed by atoms with E-state index in [9.17, 15) is 0 Å². The Bertz CT molecular complexity index is 240. The summed E-state index contributed by atoms with van der Waals surface area (Å²) in [5.41, 5.74) is 0. The lowest BCUT2D eigenvalue weighted by molar-refractivity contribution is 0.303. The number of aliphatic hydroxyl groups excluding tert-OH is 1. The Balaban J connectivity index is 2.50. The SMILES string of the molecule is OCC/C=C\c1ccc(Cl)o1. The molecule has 3 heteroatoms. The number of hydrogen-bond donors (Lipinski definition) is 1. The maximum Gasteiger partial charge on any atom is 0.193 e.